The van der Waals surface area contributed by atoms with Crippen LogP contribution in [0.5, 0.6) is 0 Å². The number of rotatable bonds is 13. The maximum atomic E-state index is 12.0. The molecule has 0 amide bonds. The molecular formula is C24H35NaO3S. The smallest absolute Gasteiger partial charge is 0.744 e. The van der Waals surface area contributed by atoms with Crippen molar-refractivity contribution in [2.24, 2.45) is 0 Å². The molecule has 2 rings (SSSR count). The third-order valence-electron chi connectivity index (χ3n) is 5.49. The summed E-state index contributed by atoms with van der Waals surface area (Å²) in [6.07, 6.45) is 13.3. The Balaban J connectivity index is 0.00000420. The topological polar surface area (TPSA) is 57.2 Å². The predicted octanol–water partition coefficient (Wildman–Crippen LogP) is 3.77. The second-order valence-electron chi connectivity index (χ2n) is 7.89. The summed E-state index contributed by atoms with van der Waals surface area (Å²) in [5.41, 5.74) is 1.89. The summed E-state index contributed by atoms with van der Waals surface area (Å²) < 4.78 is 36.0. The van der Waals surface area contributed by atoms with E-state index in [1.165, 1.54) is 44.1 Å². The second-order valence-corrected chi connectivity index (χ2v) is 9.21. The van der Waals surface area contributed by atoms with Crippen LogP contribution in [-0.2, 0) is 23.0 Å². The van der Waals surface area contributed by atoms with E-state index < -0.39 is 10.1 Å². The Bertz CT molecular complexity index is 847. The van der Waals surface area contributed by atoms with Crippen LogP contribution in [0.2, 0.25) is 0 Å². The molecule has 29 heavy (non-hydrogen) atoms. The van der Waals surface area contributed by atoms with Crippen LogP contribution < -0.4 is 29.6 Å². The maximum absolute atomic E-state index is 12.0. The van der Waals surface area contributed by atoms with Crippen LogP contribution in [0.1, 0.15) is 89.2 Å². The number of hydrogen-bond acceptors (Lipinski definition) is 3. The van der Waals surface area contributed by atoms with Crippen LogP contribution in [0.15, 0.2) is 35.2 Å². The molecule has 0 aliphatic heterocycles. The van der Waals surface area contributed by atoms with Gasteiger partial charge in [0.15, 0.2) is 0 Å². The van der Waals surface area contributed by atoms with E-state index in [1.807, 2.05) is 24.3 Å². The van der Waals surface area contributed by atoms with Gasteiger partial charge in [0.25, 0.3) is 0 Å². The minimum absolute atomic E-state index is 0. The summed E-state index contributed by atoms with van der Waals surface area (Å²) in [7, 11) is -4.50. The SMILES string of the molecule is CCCCCCCc1ccc2c(S(=O)(=O)[O-])c(CCCCCCC)ccc2c1.[Na+]. The Morgan fingerprint density at radius 3 is 1.93 bits per heavy atom. The molecule has 0 saturated carbocycles. The minimum Gasteiger partial charge on any atom is -0.744 e. The Morgan fingerprint density at radius 2 is 1.34 bits per heavy atom. The molecule has 0 bridgehead atoms. The third kappa shape index (κ3) is 8.70. The molecular weight excluding hydrogens is 391 g/mol. The molecule has 0 radical (unpaired) electrons. The summed E-state index contributed by atoms with van der Waals surface area (Å²) in [4.78, 5) is -0.00464. The molecule has 0 aliphatic rings. The van der Waals surface area contributed by atoms with Gasteiger partial charge in [-0.25, -0.2) is 8.42 Å². The minimum atomic E-state index is -4.50. The summed E-state index contributed by atoms with van der Waals surface area (Å²) in [5.74, 6) is 0. The number of hydrogen-bond donors (Lipinski definition) is 0. The molecule has 0 N–H and O–H groups in total. The van der Waals surface area contributed by atoms with Crippen LogP contribution in [0.3, 0.4) is 0 Å². The number of aryl methyl sites for hydroxylation is 2. The Morgan fingerprint density at radius 1 is 0.759 bits per heavy atom. The summed E-state index contributed by atoms with van der Waals surface area (Å²) in [6, 6.07) is 9.70. The van der Waals surface area contributed by atoms with Crippen molar-refractivity contribution >= 4 is 20.9 Å². The largest absolute Gasteiger partial charge is 1.00 e. The van der Waals surface area contributed by atoms with E-state index in [-0.39, 0.29) is 34.5 Å². The van der Waals surface area contributed by atoms with Gasteiger partial charge < -0.3 is 4.55 Å². The summed E-state index contributed by atoms with van der Waals surface area (Å²) in [5, 5.41) is 1.44. The van der Waals surface area contributed by atoms with Gasteiger partial charge in [-0.15, -0.1) is 0 Å². The van der Waals surface area contributed by atoms with Crippen LogP contribution in [0, 0.1) is 0 Å². The Kier molecular flexibility index (Phi) is 12.7. The monoisotopic (exact) mass is 426 g/mol. The van der Waals surface area contributed by atoms with Gasteiger partial charge in [0, 0.05) is 0 Å². The first kappa shape index (κ1) is 26.6. The van der Waals surface area contributed by atoms with Crippen molar-refractivity contribution in [2.75, 3.05) is 0 Å². The standard InChI is InChI=1S/C24H36O3S.Na/c1-3-5-7-9-11-13-20-15-18-23-22(19-20)17-16-21(24(23)28(25,26)27)14-12-10-8-6-4-2;/h15-19H,3-14H2,1-2H3,(H,25,26,27);/q;+1/p-1. The number of benzene rings is 2. The predicted molar refractivity (Wildman–Crippen MR) is 117 cm³/mol. The molecule has 0 aromatic heterocycles. The normalized spacial score (nSPS) is 11.6. The average molecular weight is 427 g/mol. The first-order chi connectivity index (χ1) is 13.5. The fourth-order valence-corrected chi connectivity index (χ4v) is 4.84. The van der Waals surface area contributed by atoms with Crippen LogP contribution in [-0.4, -0.2) is 13.0 Å². The van der Waals surface area contributed by atoms with Crippen molar-refractivity contribution in [3.63, 3.8) is 0 Å². The van der Waals surface area contributed by atoms with E-state index in [2.05, 4.69) is 19.9 Å². The second kappa shape index (κ2) is 13.8. The van der Waals surface area contributed by atoms with Crippen molar-refractivity contribution in [3.8, 4) is 0 Å². The summed E-state index contributed by atoms with van der Waals surface area (Å²) in [6.45, 7) is 4.38. The molecule has 0 heterocycles. The Labute approximate surface area is 199 Å². The summed E-state index contributed by atoms with van der Waals surface area (Å²) >= 11 is 0. The molecule has 3 nitrogen and oxygen atoms in total. The number of fused-ring (bicyclic) bond motifs is 1. The fraction of sp³-hybridized carbons (Fsp3) is 0.583. The van der Waals surface area contributed by atoms with E-state index in [4.69, 9.17) is 0 Å². The van der Waals surface area contributed by atoms with Gasteiger partial charge in [-0.3, -0.25) is 0 Å². The number of unbranched alkanes of at least 4 members (excludes halogenated alkanes) is 8. The van der Waals surface area contributed by atoms with Gasteiger partial charge in [-0.05, 0) is 47.6 Å². The van der Waals surface area contributed by atoms with E-state index in [9.17, 15) is 13.0 Å². The maximum Gasteiger partial charge on any atom is 1.00 e. The van der Waals surface area contributed by atoms with Crippen molar-refractivity contribution in [1.82, 2.24) is 0 Å². The molecule has 2 aromatic carbocycles. The molecule has 156 valence electrons. The average Bonchev–Trinajstić information content (AvgIpc) is 2.66. The molecule has 0 saturated heterocycles. The van der Waals surface area contributed by atoms with Crippen LogP contribution in [0.4, 0.5) is 0 Å². The van der Waals surface area contributed by atoms with E-state index in [1.54, 1.807) is 0 Å². The van der Waals surface area contributed by atoms with Crippen molar-refractivity contribution in [3.05, 3.63) is 41.5 Å². The first-order valence-corrected chi connectivity index (χ1v) is 12.4. The molecule has 0 unspecified atom stereocenters. The molecule has 0 atom stereocenters. The fourth-order valence-electron chi connectivity index (χ4n) is 3.90. The van der Waals surface area contributed by atoms with Crippen LogP contribution >= 0.6 is 0 Å². The van der Waals surface area contributed by atoms with Crippen molar-refractivity contribution in [1.29, 1.82) is 0 Å². The van der Waals surface area contributed by atoms with E-state index in [0.717, 1.165) is 37.5 Å². The molecule has 0 fully saturated rings. The first-order valence-electron chi connectivity index (χ1n) is 11.0. The zero-order valence-corrected chi connectivity index (χ0v) is 21.3. The zero-order valence-electron chi connectivity index (χ0n) is 18.5. The Hall–Kier alpha value is -0.390. The third-order valence-corrected chi connectivity index (χ3v) is 6.47. The van der Waals surface area contributed by atoms with Gasteiger partial charge in [0.05, 0.1) is 4.90 Å². The molecule has 2 aromatic rings. The molecule has 0 spiro atoms. The van der Waals surface area contributed by atoms with Gasteiger partial charge in [0.1, 0.15) is 10.1 Å². The van der Waals surface area contributed by atoms with E-state index >= 15 is 0 Å². The van der Waals surface area contributed by atoms with E-state index in [0.29, 0.717) is 17.4 Å². The van der Waals surface area contributed by atoms with Crippen molar-refractivity contribution < 1.29 is 42.5 Å². The van der Waals surface area contributed by atoms with Crippen molar-refractivity contribution in [2.45, 2.75) is 95.8 Å². The van der Waals surface area contributed by atoms with Gasteiger partial charge in [-0.2, -0.15) is 0 Å². The molecule has 0 aliphatic carbocycles. The zero-order chi connectivity index (χ0) is 20.4. The quantitative estimate of drug-likeness (QED) is 0.278. The van der Waals surface area contributed by atoms with Crippen LogP contribution in [0.25, 0.3) is 10.8 Å². The van der Waals surface area contributed by atoms with Gasteiger partial charge >= 0.3 is 29.6 Å². The van der Waals surface area contributed by atoms with Gasteiger partial charge in [0.2, 0.25) is 0 Å². The van der Waals surface area contributed by atoms with Gasteiger partial charge in [-0.1, -0.05) is 95.5 Å². The molecule has 5 heteroatoms.